The Bertz CT molecular complexity index is 765. The van der Waals surface area contributed by atoms with E-state index in [2.05, 4.69) is 6.92 Å². The summed E-state index contributed by atoms with van der Waals surface area (Å²) in [4.78, 5) is 0. The quantitative estimate of drug-likeness (QED) is 0.260. The Balaban J connectivity index is 1.67. The standard InChI is InChI=1S/C27H48O8/c1-13(12-28)6-5-7-14(2)17-20(31)22(33)23-26(17,4)11-9-16-25(3)10-8-15(29)19(30)18(25)21(32)24(34)27(16,23)35/h13-24,28-35H,5-12H2,1-4H3/t13?,14?,15-,16?,17?,18?,19-,20+,21+,22-,23?,24+,25+,26+,27-/m0/s1. The summed E-state index contributed by atoms with van der Waals surface area (Å²) < 4.78 is 0. The van der Waals surface area contributed by atoms with Crippen molar-refractivity contribution >= 4 is 0 Å². The van der Waals surface area contributed by atoms with E-state index < -0.39 is 70.8 Å². The second-order valence-corrected chi connectivity index (χ2v) is 13.2. The predicted molar refractivity (Wildman–Crippen MR) is 129 cm³/mol. The van der Waals surface area contributed by atoms with Crippen molar-refractivity contribution in [3.8, 4) is 0 Å². The minimum absolute atomic E-state index is 0.0568. The molecule has 0 heterocycles. The van der Waals surface area contributed by atoms with E-state index in [1.54, 1.807) is 0 Å². The SMILES string of the molecule is CC(CO)CCCC(C)C1[C@@H](O)[C@H](O)C2[C@]1(C)CCC1[C@@]3(C)CC[C@H](O)[C@H](O)C3[C@@H](O)[C@@H](O)[C@]12O. The van der Waals surface area contributed by atoms with E-state index in [4.69, 9.17) is 0 Å². The van der Waals surface area contributed by atoms with E-state index in [0.29, 0.717) is 25.7 Å². The van der Waals surface area contributed by atoms with Gasteiger partial charge in [-0.25, -0.2) is 0 Å². The van der Waals surface area contributed by atoms with Gasteiger partial charge in [0.2, 0.25) is 0 Å². The van der Waals surface area contributed by atoms with Crippen molar-refractivity contribution in [3.63, 3.8) is 0 Å². The molecule has 0 saturated heterocycles. The van der Waals surface area contributed by atoms with Gasteiger partial charge in [0.05, 0.1) is 30.5 Å². The van der Waals surface area contributed by atoms with Gasteiger partial charge >= 0.3 is 0 Å². The lowest BCUT2D eigenvalue weighted by Gasteiger charge is -2.67. The fraction of sp³-hybridized carbons (Fsp3) is 1.00. The van der Waals surface area contributed by atoms with Gasteiger partial charge in [-0.3, -0.25) is 0 Å². The number of hydrogen-bond donors (Lipinski definition) is 8. The summed E-state index contributed by atoms with van der Waals surface area (Å²) >= 11 is 0. The molecule has 0 aliphatic heterocycles. The zero-order valence-corrected chi connectivity index (χ0v) is 21.7. The Morgan fingerprint density at radius 2 is 1.43 bits per heavy atom. The van der Waals surface area contributed by atoms with E-state index in [9.17, 15) is 40.9 Å². The Morgan fingerprint density at radius 3 is 2.06 bits per heavy atom. The Labute approximate surface area is 209 Å². The van der Waals surface area contributed by atoms with Gasteiger partial charge in [-0.05, 0) is 66.6 Å². The number of fused-ring (bicyclic) bond motifs is 5. The first-order chi connectivity index (χ1) is 16.3. The molecule has 4 fully saturated rings. The van der Waals surface area contributed by atoms with Gasteiger partial charge in [0, 0.05) is 18.4 Å². The van der Waals surface area contributed by atoms with Gasteiger partial charge in [-0.2, -0.15) is 0 Å². The summed E-state index contributed by atoms with van der Waals surface area (Å²) in [5.41, 5.74) is -3.22. The van der Waals surface area contributed by atoms with E-state index in [0.717, 1.165) is 19.3 Å². The predicted octanol–water partition coefficient (Wildman–Crippen LogP) is 0.410. The zero-order chi connectivity index (χ0) is 26.1. The molecule has 0 aromatic heterocycles. The molecule has 8 nitrogen and oxygen atoms in total. The van der Waals surface area contributed by atoms with Crippen molar-refractivity contribution in [2.24, 2.45) is 46.3 Å². The highest BCUT2D eigenvalue weighted by atomic mass is 16.4. The molecule has 4 aliphatic rings. The summed E-state index contributed by atoms with van der Waals surface area (Å²) in [7, 11) is 0. The van der Waals surface area contributed by atoms with Crippen molar-refractivity contribution < 1.29 is 40.9 Å². The molecule has 6 unspecified atom stereocenters. The summed E-state index contributed by atoms with van der Waals surface area (Å²) in [5, 5.41) is 88.0. The molecule has 35 heavy (non-hydrogen) atoms. The number of rotatable bonds is 6. The van der Waals surface area contributed by atoms with Crippen LogP contribution in [-0.2, 0) is 0 Å². The lowest BCUT2D eigenvalue weighted by molar-refractivity contribution is -0.322. The molecule has 8 heteroatoms. The highest BCUT2D eigenvalue weighted by molar-refractivity contribution is 5.25. The number of hydrogen-bond acceptors (Lipinski definition) is 8. The van der Waals surface area contributed by atoms with Crippen molar-refractivity contribution in [2.75, 3.05) is 6.61 Å². The lowest BCUT2D eigenvalue weighted by atomic mass is 9.40. The molecule has 4 aliphatic carbocycles. The molecule has 0 spiro atoms. The number of aliphatic hydroxyl groups is 8. The fourth-order valence-electron chi connectivity index (χ4n) is 9.61. The second kappa shape index (κ2) is 9.45. The monoisotopic (exact) mass is 500 g/mol. The van der Waals surface area contributed by atoms with Crippen LogP contribution < -0.4 is 0 Å². The van der Waals surface area contributed by atoms with E-state index in [-0.39, 0.29) is 24.4 Å². The summed E-state index contributed by atoms with van der Waals surface area (Å²) in [6, 6.07) is 0. The average Bonchev–Trinajstić information content (AvgIpc) is 3.00. The third-order valence-electron chi connectivity index (χ3n) is 11.3. The topological polar surface area (TPSA) is 162 Å². The van der Waals surface area contributed by atoms with Crippen molar-refractivity contribution in [2.45, 2.75) is 115 Å². The van der Waals surface area contributed by atoms with Gasteiger partial charge in [0.15, 0.2) is 0 Å². The first-order valence-corrected chi connectivity index (χ1v) is 13.7. The molecule has 4 saturated carbocycles. The van der Waals surface area contributed by atoms with Crippen molar-refractivity contribution in [3.05, 3.63) is 0 Å². The van der Waals surface area contributed by atoms with Crippen LogP contribution in [0.3, 0.4) is 0 Å². The zero-order valence-electron chi connectivity index (χ0n) is 21.7. The van der Waals surface area contributed by atoms with E-state index >= 15 is 0 Å². The molecule has 0 radical (unpaired) electrons. The second-order valence-electron chi connectivity index (χ2n) is 13.2. The van der Waals surface area contributed by atoms with Gasteiger partial charge < -0.3 is 40.9 Å². The molecule has 0 aromatic rings. The van der Waals surface area contributed by atoms with Gasteiger partial charge in [-0.15, -0.1) is 0 Å². The van der Waals surface area contributed by atoms with Gasteiger partial charge in [0.1, 0.15) is 11.7 Å². The first kappa shape index (κ1) is 27.7. The molecular weight excluding hydrogens is 452 g/mol. The lowest BCUT2D eigenvalue weighted by Crippen LogP contribution is -2.76. The average molecular weight is 501 g/mol. The van der Waals surface area contributed by atoms with Crippen molar-refractivity contribution in [1.29, 1.82) is 0 Å². The van der Waals surface area contributed by atoms with Crippen LogP contribution in [0.25, 0.3) is 0 Å². The van der Waals surface area contributed by atoms with Crippen LogP contribution in [0.1, 0.15) is 72.6 Å². The largest absolute Gasteiger partial charge is 0.396 e. The van der Waals surface area contributed by atoms with Crippen LogP contribution >= 0.6 is 0 Å². The summed E-state index contributed by atoms with van der Waals surface area (Å²) in [6.07, 6.45) is -3.02. The Morgan fingerprint density at radius 1 is 0.800 bits per heavy atom. The van der Waals surface area contributed by atoms with Crippen LogP contribution in [0, 0.1) is 46.3 Å². The molecule has 15 atom stereocenters. The third kappa shape index (κ3) is 3.85. The van der Waals surface area contributed by atoms with E-state index in [1.807, 2.05) is 20.8 Å². The van der Waals surface area contributed by atoms with Crippen LogP contribution in [0.5, 0.6) is 0 Å². The molecule has 204 valence electrons. The minimum Gasteiger partial charge on any atom is -0.396 e. The van der Waals surface area contributed by atoms with Crippen LogP contribution in [0.15, 0.2) is 0 Å². The van der Waals surface area contributed by atoms with E-state index in [1.165, 1.54) is 0 Å². The molecule has 8 N–H and O–H groups in total. The maximum Gasteiger partial charge on any atom is 0.110 e. The first-order valence-electron chi connectivity index (χ1n) is 13.7. The van der Waals surface area contributed by atoms with Gasteiger partial charge in [0.25, 0.3) is 0 Å². The fourth-order valence-corrected chi connectivity index (χ4v) is 9.61. The Kier molecular flexibility index (Phi) is 7.48. The molecule has 0 amide bonds. The minimum atomic E-state index is -1.83. The molecular formula is C27H48O8. The normalized spacial score (nSPS) is 55.5. The summed E-state index contributed by atoms with van der Waals surface area (Å²) in [5.74, 6) is -2.15. The van der Waals surface area contributed by atoms with Crippen LogP contribution in [0.4, 0.5) is 0 Å². The highest BCUT2D eigenvalue weighted by Crippen LogP contribution is 2.69. The Hall–Kier alpha value is -0.320. The van der Waals surface area contributed by atoms with Gasteiger partial charge in [-0.1, -0.05) is 40.5 Å². The smallest absolute Gasteiger partial charge is 0.110 e. The van der Waals surface area contributed by atoms with Crippen LogP contribution in [-0.4, -0.2) is 89.7 Å². The third-order valence-corrected chi connectivity index (χ3v) is 11.3. The molecule has 4 rings (SSSR count). The number of aliphatic hydroxyl groups excluding tert-OH is 7. The molecule has 0 bridgehead atoms. The highest BCUT2D eigenvalue weighted by Gasteiger charge is 2.76. The maximum absolute atomic E-state index is 12.3. The van der Waals surface area contributed by atoms with Crippen molar-refractivity contribution in [1.82, 2.24) is 0 Å². The molecule has 0 aromatic carbocycles. The summed E-state index contributed by atoms with van der Waals surface area (Å²) in [6.45, 7) is 8.11. The van der Waals surface area contributed by atoms with Crippen LogP contribution in [0.2, 0.25) is 0 Å². The maximum atomic E-state index is 12.3.